The van der Waals surface area contributed by atoms with Crippen LogP contribution in [-0.4, -0.2) is 9.13 Å². The summed E-state index contributed by atoms with van der Waals surface area (Å²) >= 11 is 0. The molecule has 0 bridgehead atoms. The van der Waals surface area contributed by atoms with Gasteiger partial charge in [0.1, 0.15) is 0 Å². The zero-order chi connectivity index (χ0) is 38.2. The van der Waals surface area contributed by atoms with Gasteiger partial charge in [-0.2, -0.15) is 0 Å². The summed E-state index contributed by atoms with van der Waals surface area (Å²) in [4.78, 5) is 2.55. The number of para-hydroxylation sites is 5. The van der Waals surface area contributed by atoms with E-state index in [0.717, 1.165) is 11.4 Å². The summed E-state index contributed by atoms with van der Waals surface area (Å²) in [5, 5.41) is 5.01. The maximum absolute atomic E-state index is 2.55. The summed E-state index contributed by atoms with van der Waals surface area (Å²) in [6, 6.07) is 65.4. The molecule has 10 aromatic rings. The molecule has 272 valence electrons. The van der Waals surface area contributed by atoms with Gasteiger partial charge in [-0.1, -0.05) is 137 Å². The Kier molecular flexibility index (Phi) is 6.46. The van der Waals surface area contributed by atoms with Gasteiger partial charge in [0.15, 0.2) is 0 Å². The summed E-state index contributed by atoms with van der Waals surface area (Å²) in [6.45, 7) is 9.63. The van der Waals surface area contributed by atoms with Crippen molar-refractivity contribution in [2.75, 3.05) is 4.90 Å². The molecule has 2 aliphatic rings. The summed E-state index contributed by atoms with van der Waals surface area (Å²) in [5.41, 5.74) is 18.6. The molecule has 0 spiro atoms. The summed E-state index contributed by atoms with van der Waals surface area (Å²) in [7, 11) is 0. The Balaban J connectivity index is 1.17. The molecule has 3 nitrogen and oxygen atoms in total. The predicted molar refractivity (Wildman–Crippen MR) is 239 cm³/mol. The molecule has 3 heteroatoms. The van der Waals surface area contributed by atoms with Crippen molar-refractivity contribution in [3.63, 3.8) is 0 Å². The minimum Gasteiger partial charge on any atom is -0.309 e. The van der Waals surface area contributed by atoms with Gasteiger partial charge in [0.25, 0.3) is 0 Å². The van der Waals surface area contributed by atoms with Crippen molar-refractivity contribution in [2.24, 2.45) is 0 Å². The van der Waals surface area contributed by atoms with Gasteiger partial charge in [-0.25, -0.2) is 0 Å². The van der Waals surface area contributed by atoms with Crippen LogP contribution in [0, 0.1) is 0 Å². The average molecular weight is 732 g/mol. The second-order valence-corrected chi connectivity index (χ2v) is 17.0. The van der Waals surface area contributed by atoms with Gasteiger partial charge in [0.2, 0.25) is 0 Å². The van der Waals surface area contributed by atoms with Crippen LogP contribution in [0.25, 0.3) is 66.1 Å². The van der Waals surface area contributed by atoms with Crippen molar-refractivity contribution in [1.29, 1.82) is 0 Å². The molecule has 57 heavy (non-hydrogen) atoms. The first-order valence-electron chi connectivity index (χ1n) is 20.1. The van der Waals surface area contributed by atoms with Crippen LogP contribution < -0.4 is 4.90 Å². The minimum atomic E-state index is -0.195. The van der Waals surface area contributed by atoms with E-state index in [9.17, 15) is 0 Å². The number of hydrogen-bond acceptors (Lipinski definition) is 1. The maximum atomic E-state index is 2.55. The predicted octanol–water partition coefficient (Wildman–Crippen LogP) is 14.3. The van der Waals surface area contributed by atoms with Crippen LogP contribution in [0.1, 0.15) is 49.9 Å². The van der Waals surface area contributed by atoms with Crippen LogP contribution >= 0.6 is 0 Å². The Hall–Kier alpha value is -6.84. The molecule has 0 amide bonds. The third kappa shape index (κ3) is 4.26. The Bertz CT molecular complexity index is 3210. The van der Waals surface area contributed by atoms with E-state index >= 15 is 0 Å². The molecule has 8 aromatic carbocycles. The number of nitrogens with zero attached hydrogens (tertiary/aromatic N) is 3. The second kappa shape index (κ2) is 11.4. The molecule has 0 N–H and O–H groups in total. The molecule has 0 saturated carbocycles. The first-order chi connectivity index (χ1) is 27.8. The SMILES string of the molecule is CC1(C)c2ccccc2N2c3ccccc3C(C)(C)c3cc(-c4ccc5c(c4)c4ccc6c7ccccc7n(-c7ccccc7)c6c4n5-c4ccccc4)cc1c32. The number of anilines is 3. The van der Waals surface area contributed by atoms with E-state index in [-0.39, 0.29) is 10.8 Å². The number of benzene rings is 8. The van der Waals surface area contributed by atoms with Crippen LogP contribution in [0.2, 0.25) is 0 Å². The molecule has 0 saturated heterocycles. The van der Waals surface area contributed by atoms with Crippen molar-refractivity contribution >= 4 is 60.7 Å². The molecule has 0 atom stereocenters. The summed E-state index contributed by atoms with van der Waals surface area (Å²) in [5.74, 6) is 0. The topological polar surface area (TPSA) is 13.1 Å². The zero-order valence-corrected chi connectivity index (χ0v) is 32.6. The van der Waals surface area contributed by atoms with Gasteiger partial charge >= 0.3 is 0 Å². The molecule has 2 aromatic heterocycles. The third-order valence-corrected chi connectivity index (χ3v) is 13.2. The number of rotatable bonds is 3. The van der Waals surface area contributed by atoms with E-state index in [2.05, 4.69) is 218 Å². The van der Waals surface area contributed by atoms with Crippen molar-refractivity contribution in [3.8, 4) is 22.5 Å². The molecule has 0 aliphatic carbocycles. The number of hydrogen-bond donors (Lipinski definition) is 0. The average Bonchev–Trinajstić information content (AvgIpc) is 3.77. The lowest BCUT2D eigenvalue weighted by atomic mass is 9.65. The van der Waals surface area contributed by atoms with Crippen LogP contribution in [0.5, 0.6) is 0 Å². The highest BCUT2D eigenvalue weighted by atomic mass is 15.2. The Morgan fingerprint density at radius 2 is 0.825 bits per heavy atom. The second-order valence-electron chi connectivity index (χ2n) is 17.0. The first-order valence-corrected chi connectivity index (χ1v) is 20.1. The largest absolute Gasteiger partial charge is 0.309 e. The quantitative estimate of drug-likeness (QED) is 0.176. The maximum Gasteiger partial charge on any atom is 0.0788 e. The lowest BCUT2D eigenvalue weighted by Crippen LogP contribution is -2.38. The lowest BCUT2D eigenvalue weighted by molar-refractivity contribution is 0.598. The van der Waals surface area contributed by atoms with Crippen molar-refractivity contribution < 1.29 is 0 Å². The van der Waals surface area contributed by atoms with Crippen LogP contribution in [0.3, 0.4) is 0 Å². The van der Waals surface area contributed by atoms with E-state index in [4.69, 9.17) is 0 Å². The summed E-state index contributed by atoms with van der Waals surface area (Å²) in [6.07, 6.45) is 0. The Labute approximate surface area is 332 Å². The minimum absolute atomic E-state index is 0.195. The molecule has 0 fully saturated rings. The smallest absolute Gasteiger partial charge is 0.0788 e. The van der Waals surface area contributed by atoms with Gasteiger partial charge in [0, 0.05) is 43.7 Å². The first kappa shape index (κ1) is 32.4. The van der Waals surface area contributed by atoms with E-state index < -0.39 is 0 Å². The molecule has 12 rings (SSSR count). The van der Waals surface area contributed by atoms with Crippen molar-refractivity contribution in [3.05, 3.63) is 198 Å². The summed E-state index contributed by atoms with van der Waals surface area (Å²) < 4.78 is 4.95. The molecule has 0 unspecified atom stereocenters. The van der Waals surface area contributed by atoms with Crippen molar-refractivity contribution in [2.45, 2.75) is 38.5 Å². The fourth-order valence-electron chi connectivity index (χ4n) is 10.5. The zero-order valence-electron chi connectivity index (χ0n) is 32.6. The van der Waals surface area contributed by atoms with Crippen molar-refractivity contribution in [1.82, 2.24) is 9.13 Å². The van der Waals surface area contributed by atoms with E-state index in [1.807, 2.05) is 0 Å². The van der Waals surface area contributed by atoms with Crippen LogP contribution in [0.4, 0.5) is 17.1 Å². The van der Waals surface area contributed by atoms with Gasteiger partial charge in [-0.05, 0) is 100 Å². The van der Waals surface area contributed by atoms with Gasteiger partial charge < -0.3 is 14.0 Å². The normalized spacial score (nSPS) is 14.9. The van der Waals surface area contributed by atoms with Gasteiger partial charge in [-0.15, -0.1) is 0 Å². The number of aromatic nitrogens is 2. The van der Waals surface area contributed by atoms with E-state index in [1.54, 1.807) is 0 Å². The molecule has 2 aliphatic heterocycles. The lowest BCUT2D eigenvalue weighted by Gasteiger charge is -2.49. The fraction of sp³-hybridized carbons (Fsp3) is 0.111. The van der Waals surface area contributed by atoms with Crippen LogP contribution in [-0.2, 0) is 10.8 Å². The van der Waals surface area contributed by atoms with Gasteiger partial charge in [0.05, 0.1) is 39.1 Å². The highest BCUT2D eigenvalue weighted by molar-refractivity contribution is 6.24. The van der Waals surface area contributed by atoms with E-state index in [0.29, 0.717) is 0 Å². The molecule has 0 radical (unpaired) electrons. The monoisotopic (exact) mass is 731 g/mol. The standard InChI is InChI=1S/C54H41N3/c1-53(2)42-22-12-15-25-48(42)57-49-26-16-13-23-43(49)54(3,4)45-33-35(32-44(53)52(45)57)34-27-30-47-41(31-34)40-29-28-39-38-21-11-14-24-46(38)55(36-17-7-5-8-18-36)50(39)51(40)56(47)37-19-9-6-10-20-37/h5-33H,1-4H3. The molecule has 4 heterocycles. The Morgan fingerprint density at radius 3 is 1.40 bits per heavy atom. The van der Waals surface area contributed by atoms with E-state index in [1.165, 1.54) is 94.1 Å². The number of fused-ring (bicyclic) bond motifs is 11. The highest BCUT2D eigenvalue weighted by Crippen LogP contribution is 2.60. The van der Waals surface area contributed by atoms with Gasteiger partial charge in [-0.3, -0.25) is 0 Å². The fourth-order valence-corrected chi connectivity index (χ4v) is 10.5. The Morgan fingerprint density at radius 1 is 0.351 bits per heavy atom. The highest BCUT2D eigenvalue weighted by Gasteiger charge is 2.45. The third-order valence-electron chi connectivity index (χ3n) is 13.2. The molecular weight excluding hydrogens is 691 g/mol. The van der Waals surface area contributed by atoms with Crippen LogP contribution in [0.15, 0.2) is 176 Å². The molecular formula is C54H41N3.